The minimum Gasteiger partial charge on any atom is -0.357 e. The van der Waals surface area contributed by atoms with E-state index in [1.807, 2.05) is 13.8 Å². The van der Waals surface area contributed by atoms with Crippen LogP contribution in [0, 0.1) is 6.92 Å². The number of aliphatic imine (C=N–C) groups is 1. The number of aryl methyl sites for hydroxylation is 1. The average molecular weight is 347 g/mol. The molecule has 0 aliphatic heterocycles. The number of nitrogens with zero attached hydrogens (tertiary/aromatic N) is 1. The summed E-state index contributed by atoms with van der Waals surface area (Å²) < 4.78 is 0. The smallest absolute Gasteiger partial charge is 0.221 e. The van der Waals surface area contributed by atoms with E-state index in [0.717, 1.165) is 18.9 Å². The van der Waals surface area contributed by atoms with E-state index in [1.54, 1.807) is 0 Å². The Hall–Kier alpha value is -2.04. The fourth-order valence-corrected chi connectivity index (χ4v) is 2.31. The van der Waals surface area contributed by atoms with Crippen LogP contribution in [0.25, 0.3) is 0 Å². The van der Waals surface area contributed by atoms with Gasteiger partial charge in [0.2, 0.25) is 5.91 Å². The third kappa shape index (κ3) is 8.57. The lowest BCUT2D eigenvalue weighted by Gasteiger charge is -2.15. The summed E-state index contributed by atoms with van der Waals surface area (Å²) >= 11 is 0. The predicted molar refractivity (Wildman–Crippen MR) is 106 cm³/mol. The summed E-state index contributed by atoms with van der Waals surface area (Å²) in [7, 11) is 0. The van der Waals surface area contributed by atoms with Gasteiger partial charge in [-0.25, -0.2) is 0 Å². The van der Waals surface area contributed by atoms with Gasteiger partial charge in [-0.05, 0) is 32.8 Å². The maximum absolute atomic E-state index is 11.8. The van der Waals surface area contributed by atoms with Gasteiger partial charge in [-0.15, -0.1) is 0 Å². The van der Waals surface area contributed by atoms with Crippen LogP contribution in [0.3, 0.4) is 0 Å². The molecule has 0 saturated heterocycles. The van der Waals surface area contributed by atoms with Crippen LogP contribution in [0.1, 0.15) is 57.6 Å². The van der Waals surface area contributed by atoms with Crippen molar-refractivity contribution in [3.63, 3.8) is 0 Å². The number of nitrogens with one attached hydrogen (secondary N) is 3. The second kappa shape index (κ2) is 11.5. The van der Waals surface area contributed by atoms with Crippen LogP contribution in [0.2, 0.25) is 0 Å². The van der Waals surface area contributed by atoms with E-state index in [9.17, 15) is 4.79 Å². The molecule has 140 valence electrons. The molecule has 25 heavy (non-hydrogen) atoms. The molecular formula is C20H34N4O. The van der Waals surface area contributed by atoms with E-state index < -0.39 is 0 Å². The zero-order chi connectivity index (χ0) is 18.7. The lowest BCUT2D eigenvalue weighted by atomic mass is 10.0. The van der Waals surface area contributed by atoms with Crippen molar-refractivity contribution >= 4 is 11.9 Å². The van der Waals surface area contributed by atoms with Crippen molar-refractivity contribution in [1.82, 2.24) is 16.0 Å². The number of carbonyl (C=O) groups excluding carboxylic acids is 1. The molecule has 2 unspecified atom stereocenters. The number of hydrogen-bond donors (Lipinski definition) is 3. The van der Waals surface area contributed by atoms with Crippen LogP contribution < -0.4 is 16.0 Å². The summed E-state index contributed by atoms with van der Waals surface area (Å²) in [5.41, 5.74) is 2.56. The van der Waals surface area contributed by atoms with Crippen molar-refractivity contribution in [2.75, 3.05) is 19.6 Å². The Morgan fingerprint density at radius 2 is 1.80 bits per heavy atom. The molecule has 1 rings (SSSR count). The first-order valence-electron chi connectivity index (χ1n) is 9.34. The van der Waals surface area contributed by atoms with Gasteiger partial charge in [0.05, 0.1) is 0 Å². The first-order valence-corrected chi connectivity index (χ1v) is 9.34. The lowest BCUT2D eigenvalue weighted by molar-refractivity contribution is -0.121. The van der Waals surface area contributed by atoms with Gasteiger partial charge in [0, 0.05) is 38.0 Å². The van der Waals surface area contributed by atoms with Crippen LogP contribution in [0.5, 0.6) is 0 Å². The minimum atomic E-state index is 0.0747. The summed E-state index contributed by atoms with van der Waals surface area (Å²) in [6, 6.07) is 8.82. The molecule has 0 spiro atoms. The highest BCUT2D eigenvalue weighted by Crippen LogP contribution is 2.15. The highest BCUT2D eigenvalue weighted by atomic mass is 16.1. The number of hydrogen-bond acceptors (Lipinski definition) is 2. The van der Waals surface area contributed by atoms with Gasteiger partial charge in [0.25, 0.3) is 0 Å². The van der Waals surface area contributed by atoms with Gasteiger partial charge in [-0.1, -0.05) is 43.7 Å². The van der Waals surface area contributed by atoms with E-state index in [0.29, 0.717) is 25.4 Å². The van der Waals surface area contributed by atoms with Gasteiger partial charge < -0.3 is 16.0 Å². The molecule has 2 atom stereocenters. The van der Waals surface area contributed by atoms with Crippen molar-refractivity contribution in [3.8, 4) is 0 Å². The Balaban J connectivity index is 2.47. The monoisotopic (exact) mass is 346 g/mol. The van der Waals surface area contributed by atoms with Gasteiger partial charge in [-0.2, -0.15) is 0 Å². The SMILES string of the molecule is CCNC(=NCC(C)c1ccc(C)cc1)NCCC(=O)NC(C)CC. The van der Waals surface area contributed by atoms with E-state index in [4.69, 9.17) is 0 Å². The fraction of sp³-hybridized carbons (Fsp3) is 0.600. The second-order valence-electron chi connectivity index (χ2n) is 6.58. The second-order valence-corrected chi connectivity index (χ2v) is 6.58. The molecule has 0 aromatic heterocycles. The Bertz CT molecular complexity index is 539. The van der Waals surface area contributed by atoms with Crippen LogP contribution in [0.4, 0.5) is 0 Å². The number of benzene rings is 1. The fourth-order valence-electron chi connectivity index (χ4n) is 2.31. The van der Waals surface area contributed by atoms with Crippen LogP contribution in [-0.4, -0.2) is 37.5 Å². The minimum absolute atomic E-state index is 0.0747. The summed E-state index contributed by atoms with van der Waals surface area (Å²) in [4.78, 5) is 16.5. The third-order valence-corrected chi connectivity index (χ3v) is 4.18. The molecule has 5 heteroatoms. The number of amides is 1. The summed E-state index contributed by atoms with van der Waals surface area (Å²) in [6.45, 7) is 12.5. The largest absolute Gasteiger partial charge is 0.357 e. The van der Waals surface area contributed by atoms with Crippen molar-refractivity contribution in [2.45, 2.75) is 59.4 Å². The van der Waals surface area contributed by atoms with Gasteiger partial charge in [0.1, 0.15) is 0 Å². The van der Waals surface area contributed by atoms with E-state index in [1.165, 1.54) is 11.1 Å². The number of carbonyl (C=O) groups is 1. The molecule has 0 aliphatic rings. The van der Waals surface area contributed by atoms with Crippen molar-refractivity contribution < 1.29 is 4.79 Å². The standard InChI is InChI=1S/C20H34N4O/c1-6-17(5)24-19(25)12-13-22-20(21-7-2)23-14-16(4)18-10-8-15(3)9-11-18/h8-11,16-17H,6-7,12-14H2,1-5H3,(H,24,25)(H2,21,22,23). The first-order chi connectivity index (χ1) is 12.0. The summed E-state index contributed by atoms with van der Waals surface area (Å²) in [6.07, 6.45) is 1.39. The third-order valence-electron chi connectivity index (χ3n) is 4.18. The quantitative estimate of drug-likeness (QED) is 0.476. The molecule has 0 bridgehead atoms. The lowest BCUT2D eigenvalue weighted by Crippen LogP contribution is -2.40. The van der Waals surface area contributed by atoms with Crippen molar-refractivity contribution in [1.29, 1.82) is 0 Å². The summed E-state index contributed by atoms with van der Waals surface area (Å²) in [5.74, 6) is 1.19. The summed E-state index contributed by atoms with van der Waals surface area (Å²) in [5, 5.41) is 9.44. The number of guanidine groups is 1. The predicted octanol–water partition coefficient (Wildman–Crippen LogP) is 2.96. The molecule has 0 saturated carbocycles. The molecule has 1 aromatic carbocycles. The molecule has 5 nitrogen and oxygen atoms in total. The molecule has 0 aliphatic carbocycles. The highest BCUT2D eigenvalue weighted by molar-refractivity contribution is 5.81. The normalized spacial score (nSPS) is 13.9. The molecule has 0 heterocycles. The molecule has 0 radical (unpaired) electrons. The van der Waals surface area contributed by atoms with Crippen LogP contribution in [0.15, 0.2) is 29.3 Å². The van der Waals surface area contributed by atoms with E-state index in [-0.39, 0.29) is 11.9 Å². The Morgan fingerprint density at radius 1 is 1.12 bits per heavy atom. The molecule has 0 fully saturated rings. The number of rotatable bonds is 9. The van der Waals surface area contributed by atoms with Crippen molar-refractivity contribution in [2.24, 2.45) is 4.99 Å². The molecule has 1 aromatic rings. The Kier molecular flexibility index (Phi) is 9.66. The topological polar surface area (TPSA) is 65.5 Å². The van der Waals surface area contributed by atoms with E-state index >= 15 is 0 Å². The van der Waals surface area contributed by atoms with Gasteiger partial charge >= 0.3 is 0 Å². The first kappa shape index (κ1) is 21.0. The Labute approximate surface area is 152 Å². The van der Waals surface area contributed by atoms with Gasteiger partial charge in [-0.3, -0.25) is 9.79 Å². The van der Waals surface area contributed by atoms with Crippen LogP contribution in [-0.2, 0) is 4.79 Å². The highest BCUT2D eigenvalue weighted by Gasteiger charge is 2.07. The average Bonchev–Trinajstić information content (AvgIpc) is 2.59. The van der Waals surface area contributed by atoms with Crippen molar-refractivity contribution in [3.05, 3.63) is 35.4 Å². The molecule has 3 N–H and O–H groups in total. The molecular weight excluding hydrogens is 312 g/mol. The van der Waals surface area contributed by atoms with Crippen LogP contribution >= 0.6 is 0 Å². The molecule has 1 amide bonds. The maximum atomic E-state index is 11.8. The zero-order valence-electron chi connectivity index (χ0n) is 16.4. The Morgan fingerprint density at radius 3 is 2.40 bits per heavy atom. The van der Waals surface area contributed by atoms with E-state index in [2.05, 4.69) is 66.0 Å². The van der Waals surface area contributed by atoms with Gasteiger partial charge in [0.15, 0.2) is 5.96 Å². The zero-order valence-corrected chi connectivity index (χ0v) is 16.4. The maximum Gasteiger partial charge on any atom is 0.221 e.